The first-order chi connectivity index (χ1) is 10.3. The Morgan fingerprint density at radius 1 is 0.952 bits per heavy atom. The second-order valence-corrected chi connectivity index (χ2v) is 4.86. The van der Waals surface area contributed by atoms with Crippen LogP contribution in [0.4, 0.5) is 4.39 Å². The first-order valence-corrected chi connectivity index (χ1v) is 6.85. The fraction of sp³-hybridized carbons (Fsp3) is 0.118. The van der Waals surface area contributed by atoms with Gasteiger partial charge in [0.25, 0.3) is 0 Å². The van der Waals surface area contributed by atoms with Crippen LogP contribution in [-0.2, 0) is 13.1 Å². The van der Waals surface area contributed by atoms with Gasteiger partial charge >= 0.3 is 0 Å². The van der Waals surface area contributed by atoms with Crippen molar-refractivity contribution in [3.63, 3.8) is 0 Å². The van der Waals surface area contributed by atoms with Crippen molar-refractivity contribution in [3.05, 3.63) is 83.9 Å². The van der Waals surface area contributed by atoms with Crippen LogP contribution in [0.25, 0.3) is 5.69 Å². The number of benzene rings is 2. The maximum atomic E-state index is 13.1. The smallest absolute Gasteiger partial charge is 0.123 e. The minimum Gasteiger partial charge on any atom is -0.309 e. The van der Waals surface area contributed by atoms with Gasteiger partial charge in [0.15, 0.2) is 0 Å². The summed E-state index contributed by atoms with van der Waals surface area (Å²) in [5, 5.41) is 7.63. The van der Waals surface area contributed by atoms with Gasteiger partial charge in [-0.1, -0.05) is 30.3 Å². The molecule has 0 atom stereocenters. The number of hydrogen-bond donors (Lipinski definition) is 1. The van der Waals surface area contributed by atoms with Crippen molar-refractivity contribution in [2.45, 2.75) is 13.1 Å². The standard InChI is InChI=1S/C17H16FN3/c18-16-6-4-5-14(9-16)10-19-11-15-12-20-21(13-15)17-7-2-1-3-8-17/h1-9,12-13,19H,10-11H2. The molecule has 0 aliphatic carbocycles. The molecule has 0 amide bonds. The van der Waals surface area contributed by atoms with Crippen LogP contribution in [0, 0.1) is 5.82 Å². The normalized spacial score (nSPS) is 10.7. The number of nitrogens with zero attached hydrogens (tertiary/aromatic N) is 2. The van der Waals surface area contributed by atoms with Gasteiger partial charge in [0.05, 0.1) is 11.9 Å². The summed E-state index contributed by atoms with van der Waals surface area (Å²) < 4.78 is 14.9. The fourth-order valence-electron chi connectivity index (χ4n) is 2.17. The lowest BCUT2D eigenvalue weighted by Crippen LogP contribution is -2.12. The van der Waals surface area contributed by atoms with Gasteiger partial charge in [0.2, 0.25) is 0 Å². The van der Waals surface area contributed by atoms with Crippen LogP contribution >= 0.6 is 0 Å². The average molecular weight is 281 g/mol. The summed E-state index contributed by atoms with van der Waals surface area (Å²) in [4.78, 5) is 0. The van der Waals surface area contributed by atoms with Crippen molar-refractivity contribution in [3.8, 4) is 5.69 Å². The fourth-order valence-corrected chi connectivity index (χ4v) is 2.17. The van der Waals surface area contributed by atoms with Gasteiger partial charge in [0.1, 0.15) is 5.82 Å². The molecule has 1 N–H and O–H groups in total. The first kappa shape index (κ1) is 13.5. The Morgan fingerprint density at radius 3 is 2.57 bits per heavy atom. The zero-order valence-electron chi connectivity index (χ0n) is 11.5. The summed E-state index contributed by atoms with van der Waals surface area (Å²) in [5.41, 5.74) is 3.06. The minimum absolute atomic E-state index is 0.203. The molecule has 0 spiro atoms. The van der Waals surface area contributed by atoms with Crippen molar-refractivity contribution in [2.24, 2.45) is 0 Å². The van der Waals surface area contributed by atoms with Crippen molar-refractivity contribution in [2.75, 3.05) is 0 Å². The van der Waals surface area contributed by atoms with Gasteiger partial charge in [-0.3, -0.25) is 0 Å². The van der Waals surface area contributed by atoms with Gasteiger partial charge < -0.3 is 5.32 Å². The quantitative estimate of drug-likeness (QED) is 0.777. The molecule has 2 aromatic carbocycles. The number of halogens is 1. The van der Waals surface area contributed by atoms with E-state index in [1.165, 1.54) is 6.07 Å². The van der Waals surface area contributed by atoms with Crippen molar-refractivity contribution >= 4 is 0 Å². The highest BCUT2D eigenvalue weighted by molar-refractivity contribution is 5.30. The molecular formula is C17H16FN3. The summed E-state index contributed by atoms with van der Waals surface area (Å²) in [6, 6.07) is 16.6. The SMILES string of the molecule is Fc1cccc(CNCc2cnn(-c3ccccc3)c2)c1. The van der Waals surface area contributed by atoms with E-state index in [0.29, 0.717) is 13.1 Å². The summed E-state index contributed by atoms with van der Waals surface area (Å²) in [7, 11) is 0. The van der Waals surface area contributed by atoms with Crippen LogP contribution in [-0.4, -0.2) is 9.78 Å². The molecule has 21 heavy (non-hydrogen) atoms. The van der Waals surface area contributed by atoms with Gasteiger partial charge in [-0.2, -0.15) is 5.10 Å². The molecular weight excluding hydrogens is 265 g/mol. The van der Waals surface area contributed by atoms with Crippen LogP contribution in [0.3, 0.4) is 0 Å². The topological polar surface area (TPSA) is 29.9 Å². The lowest BCUT2D eigenvalue weighted by molar-refractivity contribution is 0.620. The van der Waals surface area contributed by atoms with E-state index in [1.54, 1.807) is 12.1 Å². The third-order valence-corrected chi connectivity index (χ3v) is 3.20. The van der Waals surface area contributed by atoms with Crippen molar-refractivity contribution in [1.29, 1.82) is 0 Å². The largest absolute Gasteiger partial charge is 0.309 e. The highest BCUT2D eigenvalue weighted by Crippen LogP contribution is 2.08. The van der Waals surface area contributed by atoms with Crippen molar-refractivity contribution in [1.82, 2.24) is 15.1 Å². The molecule has 3 aromatic rings. The third-order valence-electron chi connectivity index (χ3n) is 3.20. The molecule has 3 rings (SSSR count). The lowest BCUT2D eigenvalue weighted by atomic mass is 10.2. The van der Waals surface area contributed by atoms with Crippen LogP contribution in [0.2, 0.25) is 0 Å². The molecule has 1 heterocycles. The molecule has 0 saturated heterocycles. The van der Waals surface area contributed by atoms with Gasteiger partial charge in [-0.25, -0.2) is 9.07 Å². The Balaban J connectivity index is 1.58. The molecule has 0 fully saturated rings. The van der Waals surface area contributed by atoms with E-state index in [2.05, 4.69) is 10.4 Å². The van der Waals surface area contributed by atoms with Crippen LogP contribution in [0.1, 0.15) is 11.1 Å². The number of hydrogen-bond acceptors (Lipinski definition) is 2. The highest BCUT2D eigenvalue weighted by atomic mass is 19.1. The molecule has 0 aliphatic rings. The number of para-hydroxylation sites is 1. The zero-order chi connectivity index (χ0) is 14.5. The molecule has 0 radical (unpaired) electrons. The van der Waals surface area contributed by atoms with Gasteiger partial charge in [0, 0.05) is 24.8 Å². The monoisotopic (exact) mass is 281 g/mol. The van der Waals surface area contributed by atoms with Gasteiger partial charge in [-0.15, -0.1) is 0 Å². The Kier molecular flexibility index (Phi) is 4.07. The second-order valence-electron chi connectivity index (χ2n) is 4.86. The van der Waals surface area contributed by atoms with Crippen molar-refractivity contribution < 1.29 is 4.39 Å². The third kappa shape index (κ3) is 3.55. The van der Waals surface area contributed by atoms with Gasteiger partial charge in [-0.05, 0) is 29.8 Å². The molecule has 0 saturated carbocycles. The Morgan fingerprint density at radius 2 is 1.76 bits per heavy atom. The number of rotatable bonds is 5. The molecule has 4 heteroatoms. The number of nitrogens with one attached hydrogen (secondary N) is 1. The van der Waals surface area contributed by atoms with E-state index in [-0.39, 0.29) is 5.82 Å². The summed E-state index contributed by atoms with van der Waals surface area (Å²) in [6.45, 7) is 1.33. The zero-order valence-corrected chi connectivity index (χ0v) is 11.5. The predicted molar refractivity (Wildman–Crippen MR) is 80.5 cm³/mol. The maximum Gasteiger partial charge on any atom is 0.123 e. The predicted octanol–water partition coefficient (Wildman–Crippen LogP) is 3.30. The molecule has 0 bridgehead atoms. The Bertz CT molecular complexity index is 707. The maximum absolute atomic E-state index is 13.1. The van der Waals surface area contributed by atoms with Crippen LogP contribution in [0.15, 0.2) is 67.0 Å². The van der Waals surface area contributed by atoms with E-state index in [1.807, 2.05) is 53.5 Å². The Labute approximate surface area is 123 Å². The van der Waals surface area contributed by atoms with E-state index in [4.69, 9.17) is 0 Å². The number of aromatic nitrogens is 2. The second kappa shape index (κ2) is 6.33. The molecule has 0 unspecified atom stereocenters. The Hall–Kier alpha value is -2.46. The molecule has 106 valence electrons. The minimum atomic E-state index is -0.203. The van der Waals surface area contributed by atoms with E-state index in [9.17, 15) is 4.39 Å². The van der Waals surface area contributed by atoms with E-state index in [0.717, 1.165) is 16.8 Å². The molecule has 1 aromatic heterocycles. The summed E-state index contributed by atoms with van der Waals surface area (Å²) in [6.07, 6.45) is 3.83. The molecule has 3 nitrogen and oxygen atoms in total. The lowest BCUT2D eigenvalue weighted by Gasteiger charge is -2.03. The first-order valence-electron chi connectivity index (χ1n) is 6.85. The van der Waals surface area contributed by atoms with Crippen LogP contribution in [0.5, 0.6) is 0 Å². The van der Waals surface area contributed by atoms with E-state index < -0.39 is 0 Å². The van der Waals surface area contributed by atoms with Crippen LogP contribution < -0.4 is 5.32 Å². The molecule has 0 aliphatic heterocycles. The average Bonchev–Trinajstić information content (AvgIpc) is 2.97. The summed E-state index contributed by atoms with van der Waals surface area (Å²) >= 11 is 0. The highest BCUT2D eigenvalue weighted by Gasteiger charge is 2.01. The van der Waals surface area contributed by atoms with E-state index >= 15 is 0 Å². The summed E-state index contributed by atoms with van der Waals surface area (Å²) in [5.74, 6) is -0.203.